The van der Waals surface area contributed by atoms with Crippen LogP contribution in [-0.4, -0.2) is 13.0 Å². The summed E-state index contributed by atoms with van der Waals surface area (Å²) in [6.45, 7) is 0.223. The topological polar surface area (TPSA) is 64.1 Å². The zero-order chi connectivity index (χ0) is 10.6. The van der Waals surface area contributed by atoms with Crippen LogP contribution in [0.2, 0.25) is 0 Å². The molecule has 1 rings (SSSR count). The van der Waals surface area contributed by atoms with Gasteiger partial charge in [-0.15, -0.1) is 0 Å². The van der Waals surface area contributed by atoms with Gasteiger partial charge in [0.2, 0.25) is 6.43 Å². The Labute approximate surface area is 81.1 Å². The molecule has 0 unspecified atom stereocenters. The van der Waals surface area contributed by atoms with Crippen molar-refractivity contribution in [3.05, 3.63) is 18.2 Å². The lowest BCUT2D eigenvalue weighted by molar-refractivity contribution is 0.142. The molecule has 0 saturated carbocycles. The molecule has 0 bridgehead atoms. The summed E-state index contributed by atoms with van der Waals surface area (Å²) in [6.07, 6.45) is -2.46. The van der Waals surface area contributed by atoms with E-state index in [9.17, 15) is 8.78 Å². The van der Waals surface area contributed by atoms with Crippen LogP contribution in [0, 0.1) is 0 Å². The van der Waals surface area contributed by atoms with E-state index in [1.165, 1.54) is 0 Å². The van der Waals surface area contributed by atoms with Crippen LogP contribution in [-0.2, 0) is 0 Å². The maximum atomic E-state index is 11.8. The standard InChI is InChI=1S/C9H13F2N3/c10-9(11)3-4-14-6-1-2-7(12)8(13)5-6/h1-2,5,9,14H,3-4,12-13H2. The number of benzene rings is 1. The lowest BCUT2D eigenvalue weighted by Crippen LogP contribution is -2.06. The molecule has 0 aliphatic heterocycles. The van der Waals surface area contributed by atoms with E-state index in [2.05, 4.69) is 5.32 Å². The average Bonchev–Trinajstić information content (AvgIpc) is 2.10. The predicted octanol–water partition coefficient (Wildman–Crippen LogP) is 1.92. The summed E-state index contributed by atoms with van der Waals surface area (Å²) in [7, 11) is 0. The lowest BCUT2D eigenvalue weighted by atomic mass is 10.2. The van der Waals surface area contributed by atoms with Gasteiger partial charge in [-0.25, -0.2) is 8.78 Å². The molecule has 0 atom stereocenters. The zero-order valence-corrected chi connectivity index (χ0v) is 7.63. The zero-order valence-electron chi connectivity index (χ0n) is 7.63. The molecule has 0 amide bonds. The van der Waals surface area contributed by atoms with Crippen molar-refractivity contribution in [1.82, 2.24) is 0 Å². The molecule has 3 nitrogen and oxygen atoms in total. The summed E-state index contributed by atoms with van der Waals surface area (Å²) in [5.74, 6) is 0. The van der Waals surface area contributed by atoms with Crippen molar-refractivity contribution >= 4 is 17.1 Å². The van der Waals surface area contributed by atoms with Crippen molar-refractivity contribution in [1.29, 1.82) is 0 Å². The number of hydrogen-bond donors (Lipinski definition) is 3. The summed E-state index contributed by atoms with van der Waals surface area (Å²) in [4.78, 5) is 0. The summed E-state index contributed by atoms with van der Waals surface area (Å²) in [5.41, 5.74) is 12.7. The van der Waals surface area contributed by atoms with Gasteiger partial charge in [-0.2, -0.15) is 0 Å². The van der Waals surface area contributed by atoms with Crippen LogP contribution < -0.4 is 16.8 Å². The Balaban J connectivity index is 2.47. The quantitative estimate of drug-likeness (QED) is 0.652. The maximum Gasteiger partial charge on any atom is 0.240 e. The third-order valence-electron chi connectivity index (χ3n) is 1.78. The molecule has 14 heavy (non-hydrogen) atoms. The second-order valence-electron chi connectivity index (χ2n) is 2.95. The predicted molar refractivity (Wildman–Crippen MR) is 54.4 cm³/mol. The van der Waals surface area contributed by atoms with Gasteiger partial charge in [0.1, 0.15) is 0 Å². The highest BCUT2D eigenvalue weighted by Gasteiger charge is 2.01. The highest BCUT2D eigenvalue weighted by Crippen LogP contribution is 2.19. The van der Waals surface area contributed by atoms with Crippen molar-refractivity contribution in [3.8, 4) is 0 Å². The van der Waals surface area contributed by atoms with Crippen LogP contribution >= 0.6 is 0 Å². The number of nitrogen functional groups attached to an aromatic ring is 2. The second kappa shape index (κ2) is 4.64. The van der Waals surface area contributed by atoms with Crippen LogP contribution in [0.3, 0.4) is 0 Å². The number of alkyl halides is 2. The van der Waals surface area contributed by atoms with Crippen molar-refractivity contribution in [2.24, 2.45) is 0 Å². The highest BCUT2D eigenvalue weighted by atomic mass is 19.3. The Kier molecular flexibility index (Phi) is 3.50. The van der Waals surface area contributed by atoms with Crippen LogP contribution in [0.1, 0.15) is 6.42 Å². The van der Waals surface area contributed by atoms with E-state index >= 15 is 0 Å². The SMILES string of the molecule is Nc1ccc(NCCC(F)F)cc1N. The highest BCUT2D eigenvalue weighted by molar-refractivity contribution is 5.69. The number of anilines is 3. The molecule has 5 N–H and O–H groups in total. The number of hydrogen-bond acceptors (Lipinski definition) is 3. The first-order valence-electron chi connectivity index (χ1n) is 4.26. The van der Waals surface area contributed by atoms with E-state index in [0.29, 0.717) is 17.1 Å². The summed E-state index contributed by atoms with van der Waals surface area (Å²) >= 11 is 0. The fourth-order valence-electron chi connectivity index (χ4n) is 1.01. The Morgan fingerprint density at radius 3 is 2.50 bits per heavy atom. The van der Waals surface area contributed by atoms with Crippen molar-refractivity contribution in [2.75, 3.05) is 23.3 Å². The van der Waals surface area contributed by atoms with Gasteiger partial charge in [0.15, 0.2) is 0 Å². The summed E-state index contributed by atoms with van der Waals surface area (Å²) < 4.78 is 23.6. The van der Waals surface area contributed by atoms with Crippen LogP contribution in [0.5, 0.6) is 0 Å². The van der Waals surface area contributed by atoms with Gasteiger partial charge in [0, 0.05) is 18.7 Å². The van der Waals surface area contributed by atoms with E-state index in [0.717, 1.165) is 0 Å². The number of halogens is 2. The Morgan fingerprint density at radius 2 is 1.93 bits per heavy atom. The first-order chi connectivity index (χ1) is 6.59. The Bertz CT molecular complexity index is 302. The smallest absolute Gasteiger partial charge is 0.240 e. The van der Waals surface area contributed by atoms with E-state index in [1.54, 1.807) is 18.2 Å². The monoisotopic (exact) mass is 201 g/mol. The molecule has 0 fully saturated rings. The van der Waals surface area contributed by atoms with Crippen LogP contribution in [0.4, 0.5) is 25.8 Å². The fourth-order valence-corrected chi connectivity index (χ4v) is 1.01. The number of nitrogens with two attached hydrogens (primary N) is 2. The van der Waals surface area contributed by atoms with Gasteiger partial charge in [0.05, 0.1) is 11.4 Å². The molecule has 0 spiro atoms. The largest absolute Gasteiger partial charge is 0.397 e. The molecule has 78 valence electrons. The summed E-state index contributed by atoms with van der Waals surface area (Å²) in [5, 5.41) is 2.83. The first kappa shape index (κ1) is 10.6. The molecule has 0 heterocycles. The van der Waals surface area contributed by atoms with E-state index in [1.807, 2.05) is 0 Å². The minimum absolute atomic E-state index is 0.176. The molecule has 0 aliphatic carbocycles. The van der Waals surface area contributed by atoms with Gasteiger partial charge in [-0.05, 0) is 18.2 Å². The molecule has 0 aliphatic rings. The molecular formula is C9H13F2N3. The molecule has 0 aromatic heterocycles. The average molecular weight is 201 g/mol. The fraction of sp³-hybridized carbons (Fsp3) is 0.333. The minimum atomic E-state index is -2.28. The van der Waals surface area contributed by atoms with Crippen molar-refractivity contribution < 1.29 is 8.78 Å². The van der Waals surface area contributed by atoms with Gasteiger partial charge in [-0.1, -0.05) is 0 Å². The van der Waals surface area contributed by atoms with Crippen LogP contribution in [0.25, 0.3) is 0 Å². The van der Waals surface area contributed by atoms with E-state index < -0.39 is 6.43 Å². The summed E-state index contributed by atoms with van der Waals surface area (Å²) in [6, 6.07) is 4.97. The van der Waals surface area contributed by atoms with Crippen LogP contribution in [0.15, 0.2) is 18.2 Å². The Morgan fingerprint density at radius 1 is 1.21 bits per heavy atom. The molecule has 1 aromatic carbocycles. The van der Waals surface area contributed by atoms with E-state index in [-0.39, 0.29) is 13.0 Å². The third kappa shape index (κ3) is 3.08. The second-order valence-corrected chi connectivity index (χ2v) is 2.95. The molecule has 5 heteroatoms. The van der Waals surface area contributed by atoms with Gasteiger partial charge < -0.3 is 16.8 Å². The van der Waals surface area contributed by atoms with Gasteiger partial charge >= 0.3 is 0 Å². The lowest BCUT2D eigenvalue weighted by Gasteiger charge is -2.07. The van der Waals surface area contributed by atoms with Crippen molar-refractivity contribution in [2.45, 2.75) is 12.8 Å². The number of nitrogens with one attached hydrogen (secondary N) is 1. The normalized spacial score (nSPS) is 10.5. The maximum absolute atomic E-state index is 11.8. The van der Waals surface area contributed by atoms with Crippen molar-refractivity contribution in [3.63, 3.8) is 0 Å². The molecule has 1 aromatic rings. The minimum Gasteiger partial charge on any atom is -0.397 e. The van der Waals surface area contributed by atoms with Gasteiger partial charge in [-0.3, -0.25) is 0 Å². The first-order valence-corrected chi connectivity index (χ1v) is 4.26. The van der Waals surface area contributed by atoms with E-state index in [4.69, 9.17) is 11.5 Å². The number of rotatable bonds is 4. The third-order valence-corrected chi connectivity index (χ3v) is 1.78. The Hall–Kier alpha value is -1.52. The molecule has 0 saturated heterocycles. The van der Waals surface area contributed by atoms with Gasteiger partial charge in [0.25, 0.3) is 0 Å². The molecule has 0 radical (unpaired) electrons. The molecular weight excluding hydrogens is 188 g/mol.